The van der Waals surface area contributed by atoms with Gasteiger partial charge in [-0.15, -0.1) is 12.4 Å². The maximum absolute atomic E-state index is 12.4. The van der Waals surface area contributed by atoms with E-state index in [0.717, 1.165) is 30.5 Å². The molecule has 0 bridgehead atoms. The molecular formula is C17H23ClN4O. The number of carbonyl (C=O) groups excluding carboxylic acids is 1. The number of hydrogen-bond donors (Lipinski definition) is 2. The van der Waals surface area contributed by atoms with Gasteiger partial charge in [0.1, 0.15) is 0 Å². The predicted octanol–water partition coefficient (Wildman–Crippen LogP) is 2.60. The number of halogens is 1. The highest BCUT2D eigenvalue weighted by Gasteiger charge is 2.28. The van der Waals surface area contributed by atoms with Crippen LogP contribution in [0.4, 0.5) is 0 Å². The molecule has 3 N–H and O–H groups in total. The predicted molar refractivity (Wildman–Crippen MR) is 92.7 cm³/mol. The van der Waals surface area contributed by atoms with Gasteiger partial charge in [-0.05, 0) is 43.9 Å². The van der Waals surface area contributed by atoms with Gasteiger partial charge in [0.05, 0.1) is 11.7 Å². The maximum Gasteiger partial charge on any atom is 0.223 e. The number of hydrogen-bond acceptors (Lipinski definition) is 3. The van der Waals surface area contributed by atoms with Crippen molar-refractivity contribution in [2.75, 3.05) is 0 Å². The SMILES string of the molecule is CC(NC(=O)C1CCC(N)C1)c1ccccc1-n1cccn1.Cl. The first-order chi connectivity index (χ1) is 10.6. The van der Waals surface area contributed by atoms with Gasteiger partial charge in [0.25, 0.3) is 0 Å². The first-order valence-corrected chi connectivity index (χ1v) is 7.80. The summed E-state index contributed by atoms with van der Waals surface area (Å²) in [4.78, 5) is 12.4. The van der Waals surface area contributed by atoms with Crippen LogP contribution in [0.5, 0.6) is 0 Å². The molecule has 5 nitrogen and oxygen atoms in total. The van der Waals surface area contributed by atoms with Gasteiger partial charge in [-0.2, -0.15) is 5.10 Å². The number of para-hydroxylation sites is 1. The lowest BCUT2D eigenvalue weighted by Crippen LogP contribution is -2.33. The number of benzene rings is 1. The van der Waals surface area contributed by atoms with Crippen LogP contribution >= 0.6 is 12.4 Å². The Bertz CT molecular complexity index is 644. The molecule has 1 aliphatic rings. The molecule has 0 radical (unpaired) electrons. The van der Waals surface area contributed by atoms with E-state index in [1.54, 1.807) is 6.20 Å². The van der Waals surface area contributed by atoms with Crippen molar-refractivity contribution >= 4 is 18.3 Å². The van der Waals surface area contributed by atoms with Gasteiger partial charge in [0, 0.05) is 24.4 Å². The molecular weight excluding hydrogens is 312 g/mol. The van der Waals surface area contributed by atoms with E-state index in [9.17, 15) is 4.79 Å². The molecule has 0 aliphatic heterocycles. The number of carbonyl (C=O) groups is 1. The van der Waals surface area contributed by atoms with E-state index in [1.807, 2.05) is 48.1 Å². The lowest BCUT2D eigenvalue weighted by molar-refractivity contribution is -0.125. The van der Waals surface area contributed by atoms with Gasteiger partial charge >= 0.3 is 0 Å². The summed E-state index contributed by atoms with van der Waals surface area (Å²) in [5, 5.41) is 7.41. The zero-order valence-corrected chi connectivity index (χ0v) is 14.0. The minimum atomic E-state index is -0.0651. The lowest BCUT2D eigenvalue weighted by atomic mass is 10.0. The van der Waals surface area contributed by atoms with E-state index < -0.39 is 0 Å². The molecule has 0 spiro atoms. The molecule has 3 unspecified atom stereocenters. The van der Waals surface area contributed by atoms with Crippen LogP contribution in [-0.4, -0.2) is 21.7 Å². The maximum atomic E-state index is 12.4. The van der Waals surface area contributed by atoms with Gasteiger partial charge in [-0.25, -0.2) is 4.68 Å². The normalized spacial score (nSPS) is 21.5. The molecule has 2 aromatic rings. The van der Waals surface area contributed by atoms with E-state index in [-0.39, 0.29) is 36.3 Å². The molecule has 6 heteroatoms. The number of nitrogens with two attached hydrogens (primary N) is 1. The average Bonchev–Trinajstić information content (AvgIpc) is 3.18. The van der Waals surface area contributed by atoms with Crippen molar-refractivity contribution in [3.8, 4) is 5.69 Å². The van der Waals surface area contributed by atoms with E-state index in [2.05, 4.69) is 10.4 Å². The molecule has 1 aromatic carbocycles. The summed E-state index contributed by atoms with van der Waals surface area (Å²) < 4.78 is 1.82. The van der Waals surface area contributed by atoms with Crippen molar-refractivity contribution < 1.29 is 4.79 Å². The average molecular weight is 335 g/mol. The third-order valence-corrected chi connectivity index (χ3v) is 4.36. The Morgan fingerprint density at radius 1 is 1.35 bits per heavy atom. The van der Waals surface area contributed by atoms with E-state index in [1.165, 1.54) is 0 Å². The fraction of sp³-hybridized carbons (Fsp3) is 0.412. The highest BCUT2D eigenvalue weighted by Crippen LogP contribution is 2.26. The molecule has 3 rings (SSSR count). The molecule has 1 aliphatic carbocycles. The standard InChI is InChI=1S/C17H22N4O.ClH/c1-12(20-17(22)13-7-8-14(18)11-13)15-5-2-3-6-16(15)21-10-4-9-19-21;/h2-6,9-10,12-14H,7-8,11,18H2,1H3,(H,20,22);1H. The zero-order chi connectivity index (χ0) is 15.5. The Balaban J connectivity index is 0.00000192. The van der Waals surface area contributed by atoms with Crippen LogP contribution in [0.15, 0.2) is 42.7 Å². The van der Waals surface area contributed by atoms with Crippen LogP contribution in [0.3, 0.4) is 0 Å². The van der Waals surface area contributed by atoms with Gasteiger partial charge in [0.2, 0.25) is 5.91 Å². The minimum absolute atomic E-state index is 0. The minimum Gasteiger partial charge on any atom is -0.349 e. The van der Waals surface area contributed by atoms with Crippen LogP contribution < -0.4 is 11.1 Å². The fourth-order valence-electron chi connectivity index (χ4n) is 3.14. The van der Waals surface area contributed by atoms with Crippen LogP contribution in [0.1, 0.15) is 37.8 Å². The van der Waals surface area contributed by atoms with Gasteiger partial charge in [0.15, 0.2) is 0 Å². The van der Waals surface area contributed by atoms with E-state index in [4.69, 9.17) is 5.73 Å². The summed E-state index contributed by atoms with van der Waals surface area (Å²) in [5.41, 5.74) is 7.95. The lowest BCUT2D eigenvalue weighted by Gasteiger charge is -2.20. The van der Waals surface area contributed by atoms with Crippen LogP contribution in [0, 0.1) is 5.92 Å². The van der Waals surface area contributed by atoms with Crippen LogP contribution in [0.25, 0.3) is 5.69 Å². The molecule has 1 heterocycles. The summed E-state index contributed by atoms with van der Waals surface area (Å²) in [6.45, 7) is 2.01. The quantitative estimate of drug-likeness (QED) is 0.902. The zero-order valence-electron chi connectivity index (χ0n) is 13.2. The fourth-order valence-corrected chi connectivity index (χ4v) is 3.14. The first kappa shape index (κ1) is 17.5. The molecule has 1 fully saturated rings. The Labute approximate surface area is 142 Å². The second kappa shape index (κ2) is 7.62. The third kappa shape index (κ3) is 3.92. The first-order valence-electron chi connectivity index (χ1n) is 7.80. The summed E-state index contributed by atoms with van der Waals surface area (Å²) in [6, 6.07) is 9.99. The summed E-state index contributed by atoms with van der Waals surface area (Å²) in [7, 11) is 0. The van der Waals surface area contributed by atoms with Gasteiger partial charge < -0.3 is 11.1 Å². The number of nitrogens with one attached hydrogen (secondary N) is 1. The Hall–Kier alpha value is -1.85. The van der Waals surface area contributed by atoms with Gasteiger partial charge in [-0.1, -0.05) is 18.2 Å². The molecule has 0 saturated heterocycles. The van der Waals surface area contributed by atoms with Crippen molar-refractivity contribution in [1.29, 1.82) is 0 Å². The highest BCUT2D eigenvalue weighted by molar-refractivity contribution is 5.85. The summed E-state index contributed by atoms with van der Waals surface area (Å²) in [6.07, 6.45) is 6.28. The Morgan fingerprint density at radius 2 is 2.13 bits per heavy atom. The number of aromatic nitrogens is 2. The van der Waals surface area contributed by atoms with Crippen LogP contribution in [-0.2, 0) is 4.79 Å². The molecule has 1 saturated carbocycles. The number of nitrogens with zero attached hydrogens (tertiary/aromatic N) is 2. The highest BCUT2D eigenvalue weighted by atomic mass is 35.5. The number of amides is 1. The van der Waals surface area contributed by atoms with Crippen molar-refractivity contribution in [2.45, 2.75) is 38.3 Å². The summed E-state index contributed by atoms with van der Waals surface area (Å²) in [5.74, 6) is 0.157. The van der Waals surface area contributed by atoms with Crippen molar-refractivity contribution in [2.24, 2.45) is 11.7 Å². The Kier molecular flexibility index (Phi) is 5.80. The van der Waals surface area contributed by atoms with E-state index in [0.29, 0.717) is 0 Å². The molecule has 1 amide bonds. The Morgan fingerprint density at radius 3 is 2.78 bits per heavy atom. The van der Waals surface area contributed by atoms with Crippen molar-refractivity contribution in [3.05, 3.63) is 48.3 Å². The third-order valence-electron chi connectivity index (χ3n) is 4.36. The summed E-state index contributed by atoms with van der Waals surface area (Å²) >= 11 is 0. The topological polar surface area (TPSA) is 72.9 Å². The second-order valence-corrected chi connectivity index (χ2v) is 6.01. The monoisotopic (exact) mass is 334 g/mol. The smallest absolute Gasteiger partial charge is 0.223 e. The van der Waals surface area contributed by atoms with Crippen molar-refractivity contribution in [3.63, 3.8) is 0 Å². The molecule has 124 valence electrons. The molecule has 3 atom stereocenters. The second-order valence-electron chi connectivity index (χ2n) is 6.01. The van der Waals surface area contributed by atoms with Crippen molar-refractivity contribution in [1.82, 2.24) is 15.1 Å². The van der Waals surface area contributed by atoms with E-state index >= 15 is 0 Å². The van der Waals surface area contributed by atoms with Gasteiger partial charge in [-0.3, -0.25) is 4.79 Å². The largest absolute Gasteiger partial charge is 0.349 e. The molecule has 23 heavy (non-hydrogen) atoms. The molecule has 1 aromatic heterocycles. The van der Waals surface area contributed by atoms with Crippen LogP contribution in [0.2, 0.25) is 0 Å². The number of rotatable bonds is 4.